The number of aromatic nitrogens is 2. The van der Waals surface area contributed by atoms with Crippen molar-refractivity contribution in [3.63, 3.8) is 0 Å². The summed E-state index contributed by atoms with van der Waals surface area (Å²) in [5.74, 6) is 0.316. The molecule has 2 aromatic carbocycles. The highest BCUT2D eigenvalue weighted by atomic mass is 16.2. The predicted molar refractivity (Wildman–Crippen MR) is 101 cm³/mol. The monoisotopic (exact) mass is 344 g/mol. The van der Waals surface area contributed by atoms with Gasteiger partial charge >= 0.3 is 0 Å². The lowest BCUT2D eigenvalue weighted by Gasteiger charge is -2.14. The fourth-order valence-electron chi connectivity index (χ4n) is 3.33. The summed E-state index contributed by atoms with van der Waals surface area (Å²) in [7, 11) is 0. The van der Waals surface area contributed by atoms with Gasteiger partial charge in [-0.2, -0.15) is 0 Å². The topological polar surface area (TPSA) is 66.9 Å². The van der Waals surface area contributed by atoms with Gasteiger partial charge in [0.1, 0.15) is 0 Å². The molecule has 0 atom stereocenters. The van der Waals surface area contributed by atoms with Crippen molar-refractivity contribution in [3.8, 4) is 0 Å². The van der Waals surface area contributed by atoms with E-state index < -0.39 is 0 Å². The normalized spacial score (nSPS) is 13.2. The third-order valence-electron chi connectivity index (χ3n) is 4.60. The standard InChI is InChI=1S/C21H20N4O/c26-21(25-18-12-16-8-4-5-9-17(16)13-18)19-20(23-11-10-22-19)24-14-15-6-2-1-3-7-15/h1-11,18H,12-14H2,(H,23,24)(H,25,26). The van der Waals surface area contributed by atoms with Gasteiger partial charge < -0.3 is 10.6 Å². The van der Waals surface area contributed by atoms with Gasteiger partial charge in [-0.3, -0.25) is 4.79 Å². The molecule has 0 bridgehead atoms. The van der Waals surface area contributed by atoms with Crippen LogP contribution in [0.15, 0.2) is 67.0 Å². The Morgan fingerprint density at radius 1 is 0.923 bits per heavy atom. The number of hydrogen-bond donors (Lipinski definition) is 2. The first kappa shape index (κ1) is 16.3. The first-order valence-electron chi connectivity index (χ1n) is 8.76. The maximum atomic E-state index is 12.7. The van der Waals surface area contributed by atoms with Gasteiger partial charge in [0.15, 0.2) is 11.5 Å². The van der Waals surface area contributed by atoms with E-state index >= 15 is 0 Å². The smallest absolute Gasteiger partial charge is 0.273 e. The Hall–Kier alpha value is -3.21. The van der Waals surface area contributed by atoms with Crippen molar-refractivity contribution in [2.24, 2.45) is 0 Å². The summed E-state index contributed by atoms with van der Waals surface area (Å²) in [4.78, 5) is 21.3. The average Bonchev–Trinajstić information content (AvgIpc) is 3.09. The number of carbonyl (C=O) groups excluding carboxylic acids is 1. The minimum absolute atomic E-state index is 0.101. The molecule has 0 unspecified atom stereocenters. The van der Waals surface area contributed by atoms with Crippen molar-refractivity contribution >= 4 is 11.7 Å². The van der Waals surface area contributed by atoms with E-state index in [4.69, 9.17) is 0 Å². The number of benzene rings is 2. The van der Waals surface area contributed by atoms with Crippen LogP contribution in [0.2, 0.25) is 0 Å². The molecular formula is C21H20N4O. The van der Waals surface area contributed by atoms with Crippen LogP contribution in [-0.4, -0.2) is 21.9 Å². The second-order valence-corrected chi connectivity index (χ2v) is 6.44. The molecule has 5 nitrogen and oxygen atoms in total. The molecule has 1 aliphatic rings. The number of rotatable bonds is 5. The fourth-order valence-corrected chi connectivity index (χ4v) is 3.33. The van der Waals surface area contributed by atoms with Crippen LogP contribution < -0.4 is 10.6 Å². The van der Waals surface area contributed by atoms with Gasteiger partial charge in [-0.05, 0) is 29.5 Å². The molecule has 0 spiro atoms. The van der Waals surface area contributed by atoms with Gasteiger partial charge in [-0.15, -0.1) is 0 Å². The number of amides is 1. The maximum Gasteiger partial charge on any atom is 0.273 e. The number of nitrogens with zero attached hydrogens (tertiary/aromatic N) is 2. The summed E-state index contributed by atoms with van der Waals surface area (Å²) in [6.07, 6.45) is 4.85. The highest BCUT2D eigenvalue weighted by Gasteiger charge is 2.24. The van der Waals surface area contributed by atoms with Crippen LogP contribution in [0.3, 0.4) is 0 Å². The SMILES string of the molecule is O=C(NC1Cc2ccccc2C1)c1nccnc1NCc1ccccc1. The van der Waals surface area contributed by atoms with Gasteiger partial charge in [0.05, 0.1) is 0 Å². The number of nitrogens with one attached hydrogen (secondary N) is 2. The van der Waals surface area contributed by atoms with Gasteiger partial charge in [0, 0.05) is 25.0 Å². The number of hydrogen-bond acceptors (Lipinski definition) is 4. The van der Waals surface area contributed by atoms with Crippen molar-refractivity contribution < 1.29 is 4.79 Å². The molecule has 0 fully saturated rings. The molecule has 0 saturated heterocycles. The molecule has 130 valence electrons. The molecule has 0 radical (unpaired) electrons. The zero-order valence-electron chi connectivity index (χ0n) is 14.4. The zero-order valence-corrected chi connectivity index (χ0v) is 14.4. The van der Waals surface area contributed by atoms with E-state index in [1.165, 1.54) is 11.1 Å². The molecule has 5 heteroatoms. The Bertz CT molecular complexity index is 886. The lowest BCUT2D eigenvalue weighted by Crippen LogP contribution is -2.36. The molecule has 26 heavy (non-hydrogen) atoms. The second-order valence-electron chi connectivity index (χ2n) is 6.44. The zero-order chi connectivity index (χ0) is 17.8. The lowest BCUT2D eigenvalue weighted by molar-refractivity contribution is 0.0934. The van der Waals surface area contributed by atoms with E-state index in [1.54, 1.807) is 12.4 Å². The molecular weight excluding hydrogens is 324 g/mol. The van der Waals surface area contributed by atoms with Gasteiger partial charge in [-0.25, -0.2) is 9.97 Å². The van der Waals surface area contributed by atoms with Gasteiger partial charge in [0.2, 0.25) is 0 Å². The summed E-state index contributed by atoms with van der Waals surface area (Å²) >= 11 is 0. The summed E-state index contributed by atoms with van der Waals surface area (Å²) in [6.45, 7) is 0.592. The van der Waals surface area contributed by atoms with E-state index in [1.807, 2.05) is 42.5 Å². The molecule has 0 aliphatic heterocycles. The Morgan fingerprint density at radius 2 is 1.58 bits per heavy atom. The lowest BCUT2D eigenvalue weighted by atomic mass is 10.1. The third kappa shape index (κ3) is 3.57. The van der Waals surface area contributed by atoms with E-state index in [9.17, 15) is 4.79 Å². The van der Waals surface area contributed by atoms with E-state index in [0.29, 0.717) is 18.1 Å². The van der Waals surface area contributed by atoms with Gasteiger partial charge in [-0.1, -0.05) is 54.6 Å². The summed E-state index contributed by atoms with van der Waals surface area (Å²) in [6, 6.07) is 18.4. The predicted octanol–water partition coefficient (Wildman–Crippen LogP) is 2.99. The molecule has 1 heterocycles. The molecule has 1 amide bonds. The number of anilines is 1. The molecule has 2 N–H and O–H groups in total. The molecule has 1 aliphatic carbocycles. The van der Waals surface area contributed by atoms with Crippen LogP contribution in [0.25, 0.3) is 0 Å². The van der Waals surface area contributed by atoms with Crippen LogP contribution in [0, 0.1) is 0 Å². The minimum atomic E-state index is -0.188. The first-order chi connectivity index (χ1) is 12.8. The van der Waals surface area contributed by atoms with Crippen molar-refractivity contribution in [1.29, 1.82) is 0 Å². The summed E-state index contributed by atoms with van der Waals surface area (Å²) in [5.41, 5.74) is 4.06. The van der Waals surface area contributed by atoms with Crippen molar-refractivity contribution in [2.45, 2.75) is 25.4 Å². The maximum absolute atomic E-state index is 12.7. The molecule has 3 aromatic rings. The van der Waals surface area contributed by atoms with E-state index in [0.717, 1.165) is 18.4 Å². The number of carbonyl (C=O) groups is 1. The van der Waals surface area contributed by atoms with Crippen LogP contribution in [0.1, 0.15) is 27.2 Å². The Labute approximate surface area is 152 Å². The van der Waals surface area contributed by atoms with Crippen LogP contribution >= 0.6 is 0 Å². The quantitative estimate of drug-likeness (QED) is 0.747. The highest BCUT2D eigenvalue weighted by molar-refractivity contribution is 5.96. The fraction of sp³-hybridized carbons (Fsp3) is 0.190. The summed E-state index contributed by atoms with van der Waals surface area (Å²) in [5, 5.41) is 6.32. The Kier molecular flexibility index (Phi) is 4.60. The molecule has 4 rings (SSSR count). The first-order valence-corrected chi connectivity index (χ1v) is 8.76. The third-order valence-corrected chi connectivity index (χ3v) is 4.60. The minimum Gasteiger partial charge on any atom is -0.364 e. The van der Waals surface area contributed by atoms with Crippen molar-refractivity contribution in [1.82, 2.24) is 15.3 Å². The Balaban J connectivity index is 1.43. The second kappa shape index (κ2) is 7.35. The van der Waals surface area contributed by atoms with Crippen molar-refractivity contribution in [3.05, 3.63) is 89.4 Å². The van der Waals surface area contributed by atoms with Crippen LogP contribution in [0.5, 0.6) is 0 Å². The summed E-state index contributed by atoms with van der Waals surface area (Å²) < 4.78 is 0. The number of fused-ring (bicyclic) bond motifs is 1. The molecule has 0 saturated carbocycles. The van der Waals surface area contributed by atoms with E-state index in [2.05, 4.69) is 32.7 Å². The van der Waals surface area contributed by atoms with Gasteiger partial charge in [0.25, 0.3) is 5.91 Å². The largest absolute Gasteiger partial charge is 0.364 e. The van der Waals surface area contributed by atoms with E-state index in [-0.39, 0.29) is 11.9 Å². The van der Waals surface area contributed by atoms with Crippen LogP contribution in [-0.2, 0) is 19.4 Å². The van der Waals surface area contributed by atoms with Crippen molar-refractivity contribution in [2.75, 3.05) is 5.32 Å². The Morgan fingerprint density at radius 3 is 2.31 bits per heavy atom. The average molecular weight is 344 g/mol. The molecule has 1 aromatic heterocycles. The van der Waals surface area contributed by atoms with Crippen LogP contribution in [0.4, 0.5) is 5.82 Å². The highest BCUT2D eigenvalue weighted by Crippen LogP contribution is 2.22.